The van der Waals surface area contributed by atoms with E-state index in [2.05, 4.69) is 10.1 Å². The SMILES string of the molecule is COc1ccc(C(=O)N2CCc3c([nH]n(-c4ccc(OC)cc4)c3=O)-c3cccnc32)cc1. The number of methoxy groups -OCH3 is 2. The molecule has 0 aliphatic carbocycles. The largest absolute Gasteiger partial charge is 0.497 e. The van der Waals surface area contributed by atoms with Gasteiger partial charge in [-0.3, -0.25) is 19.6 Å². The summed E-state index contributed by atoms with van der Waals surface area (Å²) in [6.45, 7) is 0.331. The minimum atomic E-state index is -0.182. The Morgan fingerprint density at radius 1 is 0.970 bits per heavy atom. The summed E-state index contributed by atoms with van der Waals surface area (Å²) in [7, 11) is 3.18. The Kier molecular flexibility index (Phi) is 5.18. The van der Waals surface area contributed by atoms with Gasteiger partial charge in [0.1, 0.15) is 17.3 Å². The maximum absolute atomic E-state index is 13.4. The lowest BCUT2D eigenvalue weighted by Crippen LogP contribution is -2.34. The number of carbonyl (C=O) groups excluding carboxylic acids is 1. The summed E-state index contributed by atoms with van der Waals surface area (Å²) in [6.07, 6.45) is 2.04. The van der Waals surface area contributed by atoms with Crippen molar-refractivity contribution < 1.29 is 14.3 Å². The van der Waals surface area contributed by atoms with E-state index in [0.717, 1.165) is 0 Å². The first kappa shape index (κ1) is 20.6. The van der Waals surface area contributed by atoms with E-state index in [1.165, 1.54) is 4.68 Å². The fourth-order valence-electron chi connectivity index (χ4n) is 4.06. The second-order valence-corrected chi connectivity index (χ2v) is 7.61. The standard InChI is InChI=1S/C25H22N4O4/c1-32-18-9-5-16(6-10-18)24(30)28-15-13-21-22(20-4-3-14-26-23(20)28)27-29(25(21)31)17-7-11-19(33-2)12-8-17/h3-12,14,27H,13,15H2,1-2H3. The molecule has 0 bridgehead atoms. The van der Waals surface area contributed by atoms with Gasteiger partial charge in [-0.25, -0.2) is 9.67 Å². The number of H-pyrrole nitrogens is 1. The second kappa shape index (κ2) is 8.31. The molecule has 2 aromatic heterocycles. The summed E-state index contributed by atoms with van der Waals surface area (Å²) in [5, 5.41) is 3.24. The predicted molar refractivity (Wildman–Crippen MR) is 125 cm³/mol. The van der Waals surface area contributed by atoms with Crippen LogP contribution in [-0.2, 0) is 6.42 Å². The van der Waals surface area contributed by atoms with E-state index in [-0.39, 0.29) is 11.5 Å². The quantitative estimate of drug-likeness (QED) is 0.523. The molecule has 5 rings (SSSR count). The molecule has 3 heterocycles. The molecule has 0 unspecified atom stereocenters. The lowest BCUT2D eigenvalue weighted by molar-refractivity contribution is 0.0986. The highest BCUT2D eigenvalue weighted by molar-refractivity contribution is 6.07. The van der Waals surface area contributed by atoms with Gasteiger partial charge in [-0.05, 0) is 67.1 Å². The van der Waals surface area contributed by atoms with Gasteiger partial charge in [0.2, 0.25) is 0 Å². The number of hydrogen-bond acceptors (Lipinski definition) is 5. The van der Waals surface area contributed by atoms with E-state index in [1.807, 2.05) is 18.2 Å². The zero-order valence-electron chi connectivity index (χ0n) is 18.2. The fraction of sp³-hybridized carbons (Fsp3) is 0.160. The molecule has 0 fully saturated rings. The van der Waals surface area contributed by atoms with Crippen molar-refractivity contribution in [3.63, 3.8) is 0 Å². The van der Waals surface area contributed by atoms with Gasteiger partial charge >= 0.3 is 0 Å². The second-order valence-electron chi connectivity index (χ2n) is 7.61. The Balaban J connectivity index is 1.57. The van der Waals surface area contributed by atoms with Crippen LogP contribution >= 0.6 is 0 Å². The van der Waals surface area contributed by atoms with Crippen LogP contribution in [0.3, 0.4) is 0 Å². The van der Waals surface area contributed by atoms with Crippen LogP contribution in [0.15, 0.2) is 71.7 Å². The minimum Gasteiger partial charge on any atom is -0.497 e. The molecule has 8 nitrogen and oxygen atoms in total. The Hall–Kier alpha value is -4.33. The Morgan fingerprint density at radius 3 is 2.30 bits per heavy atom. The molecule has 8 heteroatoms. The van der Waals surface area contributed by atoms with E-state index in [9.17, 15) is 9.59 Å². The summed E-state index contributed by atoms with van der Waals surface area (Å²) in [5.41, 5.74) is 3.06. The number of ether oxygens (including phenoxy) is 2. The maximum atomic E-state index is 13.4. The number of amides is 1. The normalized spacial score (nSPS) is 12.5. The van der Waals surface area contributed by atoms with Crippen molar-refractivity contribution in [1.82, 2.24) is 14.8 Å². The Labute approximate surface area is 190 Å². The van der Waals surface area contributed by atoms with Crippen LogP contribution in [0.5, 0.6) is 11.5 Å². The zero-order valence-corrected chi connectivity index (χ0v) is 18.2. The van der Waals surface area contributed by atoms with Gasteiger partial charge in [-0.1, -0.05) is 0 Å². The number of pyridine rings is 1. The minimum absolute atomic E-state index is 0.149. The summed E-state index contributed by atoms with van der Waals surface area (Å²) < 4.78 is 11.9. The van der Waals surface area contributed by atoms with Crippen LogP contribution in [0.4, 0.5) is 5.82 Å². The maximum Gasteiger partial charge on any atom is 0.275 e. The first-order valence-corrected chi connectivity index (χ1v) is 10.5. The summed E-state index contributed by atoms with van der Waals surface area (Å²) >= 11 is 0. The van der Waals surface area contributed by atoms with Crippen molar-refractivity contribution in [2.45, 2.75) is 6.42 Å². The van der Waals surface area contributed by atoms with Crippen molar-refractivity contribution in [1.29, 1.82) is 0 Å². The van der Waals surface area contributed by atoms with E-state index in [4.69, 9.17) is 9.47 Å². The van der Waals surface area contributed by atoms with Gasteiger partial charge < -0.3 is 9.47 Å². The van der Waals surface area contributed by atoms with Crippen molar-refractivity contribution >= 4 is 11.7 Å². The summed E-state index contributed by atoms with van der Waals surface area (Å²) in [5.74, 6) is 1.72. The monoisotopic (exact) mass is 442 g/mol. The van der Waals surface area contributed by atoms with Crippen molar-refractivity contribution in [3.05, 3.63) is 88.3 Å². The number of hydrogen-bond donors (Lipinski definition) is 1. The summed E-state index contributed by atoms with van der Waals surface area (Å²) in [6, 6.07) is 17.9. The van der Waals surface area contributed by atoms with Crippen molar-refractivity contribution in [3.8, 4) is 28.4 Å². The smallest absolute Gasteiger partial charge is 0.275 e. The van der Waals surface area contributed by atoms with Crippen LogP contribution in [-0.4, -0.2) is 41.4 Å². The molecule has 0 saturated carbocycles. The van der Waals surface area contributed by atoms with Gasteiger partial charge in [0, 0.05) is 29.4 Å². The molecule has 4 aromatic rings. The van der Waals surface area contributed by atoms with Gasteiger partial charge in [-0.15, -0.1) is 0 Å². The van der Waals surface area contributed by atoms with Crippen LogP contribution in [0, 0.1) is 0 Å². The number of nitrogens with zero attached hydrogens (tertiary/aromatic N) is 3. The molecule has 0 atom stereocenters. The Morgan fingerprint density at radius 2 is 1.64 bits per heavy atom. The highest BCUT2D eigenvalue weighted by atomic mass is 16.5. The fourth-order valence-corrected chi connectivity index (χ4v) is 4.06. The molecule has 2 aromatic carbocycles. The number of anilines is 1. The number of rotatable bonds is 4. The molecule has 0 spiro atoms. The van der Waals surface area contributed by atoms with E-state index in [0.29, 0.717) is 58.4 Å². The predicted octanol–water partition coefficient (Wildman–Crippen LogP) is 3.45. The first-order valence-electron chi connectivity index (χ1n) is 10.5. The third kappa shape index (κ3) is 3.55. The molecule has 33 heavy (non-hydrogen) atoms. The molecule has 1 aliphatic rings. The molecular weight excluding hydrogens is 420 g/mol. The van der Waals surface area contributed by atoms with Crippen molar-refractivity contribution in [2.75, 3.05) is 25.7 Å². The van der Waals surface area contributed by atoms with Crippen LogP contribution in [0.2, 0.25) is 0 Å². The van der Waals surface area contributed by atoms with Crippen LogP contribution < -0.4 is 19.9 Å². The zero-order chi connectivity index (χ0) is 22.9. The van der Waals surface area contributed by atoms with Crippen LogP contribution in [0.25, 0.3) is 16.9 Å². The number of aromatic nitrogens is 3. The third-order valence-electron chi connectivity index (χ3n) is 5.80. The number of nitrogens with one attached hydrogen (secondary N) is 1. The molecule has 1 amide bonds. The van der Waals surface area contributed by atoms with Gasteiger partial charge in [0.25, 0.3) is 11.5 Å². The van der Waals surface area contributed by atoms with Crippen molar-refractivity contribution in [2.24, 2.45) is 0 Å². The highest BCUT2D eigenvalue weighted by Crippen LogP contribution is 2.33. The van der Waals surface area contributed by atoms with Gasteiger partial charge in [0.05, 0.1) is 25.6 Å². The number of aromatic amines is 1. The number of benzene rings is 2. The van der Waals surface area contributed by atoms with Gasteiger partial charge in [-0.2, -0.15) is 0 Å². The molecule has 1 N–H and O–H groups in total. The van der Waals surface area contributed by atoms with E-state index in [1.54, 1.807) is 67.8 Å². The van der Waals surface area contributed by atoms with E-state index >= 15 is 0 Å². The average molecular weight is 442 g/mol. The number of fused-ring (bicyclic) bond motifs is 3. The lowest BCUT2D eigenvalue weighted by atomic mass is 10.1. The van der Waals surface area contributed by atoms with Gasteiger partial charge in [0.15, 0.2) is 0 Å². The molecule has 1 aliphatic heterocycles. The average Bonchev–Trinajstić information content (AvgIpc) is 3.10. The summed E-state index contributed by atoms with van der Waals surface area (Å²) in [4.78, 5) is 32.8. The van der Waals surface area contributed by atoms with E-state index < -0.39 is 0 Å². The van der Waals surface area contributed by atoms with Crippen LogP contribution in [0.1, 0.15) is 15.9 Å². The number of carbonyl (C=O) groups is 1. The topological polar surface area (TPSA) is 89.5 Å². The molecule has 0 saturated heterocycles. The lowest BCUT2D eigenvalue weighted by Gasteiger charge is -2.22. The molecular formula is C25H22N4O4. The third-order valence-corrected chi connectivity index (χ3v) is 5.80. The Bertz CT molecular complexity index is 1370. The molecule has 166 valence electrons. The highest BCUT2D eigenvalue weighted by Gasteiger charge is 2.29. The first-order chi connectivity index (χ1) is 16.1. The molecule has 0 radical (unpaired) electrons.